The first-order chi connectivity index (χ1) is 6.56. The third-order valence-corrected chi connectivity index (χ3v) is 2.37. The molecule has 15 heavy (non-hydrogen) atoms. The van der Waals surface area contributed by atoms with Gasteiger partial charge in [-0.1, -0.05) is 0 Å². The molecular weight excluding hydrogens is 217 g/mol. The van der Waals surface area contributed by atoms with Crippen molar-refractivity contribution >= 4 is 12.4 Å². The number of phenolic OH excluding ortho intramolecular Hbond substituents is 1. The molecule has 0 amide bonds. The quantitative estimate of drug-likeness (QED) is 0.844. The molecule has 2 nitrogen and oxygen atoms in total. The van der Waals surface area contributed by atoms with Gasteiger partial charge in [0.05, 0.1) is 6.67 Å². The molecular formula is C11H17ClFNO. The predicted molar refractivity (Wildman–Crippen MR) is 62.3 cm³/mol. The fourth-order valence-electron chi connectivity index (χ4n) is 1.80. The molecule has 86 valence electrons. The Balaban J connectivity index is 0.00000196. The molecule has 0 heterocycles. The van der Waals surface area contributed by atoms with Crippen LogP contribution in [-0.2, 0) is 0 Å². The summed E-state index contributed by atoms with van der Waals surface area (Å²) in [6, 6.07) is 3.03. The molecule has 0 aliphatic carbocycles. The fourth-order valence-corrected chi connectivity index (χ4v) is 1.80. The lowest BCUT2D eigenvalue weighted by Gasteiger charge is -2.16. The van der Waals surface area contributed by atoms with E-state index in [-0.39, 0.29) is 24.2 Å². The largest absolute Gasteiger partial charge is 0.508 e. The SMILES string of the molecule is Cc1cc(O)cc(C)c1[C@@H](N)CCF.Cl. The molecule has 0 aliphatic rings. The first-order valence-electron chi connectivity index (χ1n) is 4.68. The zero-order valence-corrected chi connectivity index (χ0v) is 9.77. The van der Waals surface area contributed by atoms with Crippen molar-refractivity contribution in [1.82, 2.24) is 0 Å². The standard InChI is InChI=1S/C11H16FNO.ClH/c1-7-5-9(14)6-8(2)11(7)10(13)3-4-12;/h5-6,10,14H,3-4,13H2,1-2H3;1H/t10-;/m0./s1. The van der Waals surface area contributed by atoms with E-state index in [1.807, 2.05) is 13.8 Å². The average molecular weight is 234 g/mol. The van der Waals surface area contributed by atoms with Gasteiger partial charge in [0.2, 0.25) is 0 Å². The monoisotopic (exact) mass is 233 g/mol. The van der Waals surface area contributed by atoms with Crippen LogP contribution in [0, 0.1) is 13.8 Å². The van der Waals surface area contributed by atoms with E-state index in [0.717, 1.165) is 16.7 Å². The number of benzene rings is 1. The molecule has 0 fully saturated rings. The van der Waals surface area contributed by atoms with Gasteiger partial charge in [-0.05, 0) is 49.1 Å². The zero-order chi connectivity index (χ0) is 10.7. The van der Waals surface area contributed by atoms with Crippen LogP contribution >= 0.6 is 12.4 Å². The summed E-state index contributed by atoms with van der Waals surface area (Å²) in [5.41, 5.74) is 8.62. The number of nitrogens with two attached hydrogens (primary N) is 1. The smallest absolute Gasteiger partial charge is 0.116 e. The predicted octanol–water partition coefficient (Wildman–Crippen LogP) is 2.79. The van der Waals surface area contributed by atoms with E-state index < -0.39 is 6.67 Å². The summed E-state index contributed by atoms with van der Waals surface area (Å²) in [5.74, 6) is 0.233. The lowest BCUT2D eigenvalue weighted by molar-refractivity contribution is 0.440. The number of halogens is 2. The molecule has 1 atom stereocenters. The Hall–Kier alpha value is -0.800. The van der Waals surface area contributed by atoms with Crippen molar-refractivity contribution in [3.63, 3.8) is 0 Å². The van der Waals surface area contributed by atoms with Gasteiger partial charge in [0, 0.05) is 6.04 Å². The molecule has 0 aliphatic heterocycles. The molecule has 0 aromatic heterocycles. The third-order valence-electron chi connectivity index (χ3n) is 2.37. The van der Waals surface area contributed by atoms with E-state index >= 15 is 0 Å². The van der Waals surface area contributed by atoms with Crippen LogP contribution in [-0.4, -0.2) is 11.8 Å². The van der Waals surface area contributed by atoms with E-state index in [0.29, 0.717) is 6.42 Å². The van der Waals surface area contributed by atoms with Crippen molar-refractivity contribution in [2.24, 2.45) is 5.73 Å². The Morgan fingerprint density at radius 2 is 1.80 bits per heavy atom. The molecule has 0 unspecified atom stereocenters. The van der Waals surface area contributed by atoms with Gasteiger partial charge in [0.15, 0.2) is 0 Å². The first-order valence-corrected chi connectivity index (χ1v) is 4.68. The lowest BCUT2D eigenvalue weighted by Crippen LogP contribution is -2.14. The zero-order valence-electron chi connectivity index (χ0n) is 8.96. The first kappa shape index (κ1) is 14.2. The van der Waals surface area contributed by atoms with Crippen molar-refractivity contribution in [2.75, 3.05) is 6.67 Å². The normalized spacial score (nSPS) is 12.0. The Bertz CT molecular complexity index is 307. The minimum absolute atomic E-state index is 0. The average Bonchev–Trinajstić information content (AvgIpc) is 2.01. The Morgan fingerprint density at radius 3 is 2.20 bits per heavy atom. The van der Waals surface area contributed by atoms with E-state index in [2.05, 4.69) is 0 Å². The van der Waals surface area contributed by atoms with Gasteiger partial charge in [0.1, 0.15) is 5.75 Å². The third kappa shape index (κ3) is 3.36. The van der Waals surface area contributed by atoms with Crippen molar-refractivity contribution in [3.8, 4) is 5.75 Å². The molecule has 0 saturated carbocycles. The Labute approximate surface area is 95.7 Å². The highest BCUT2D eigenvalue weighted by molar-refractivity contribution is 5.85. The topological polar surface area (TPSA) is 46.2 Å². The molecule has 1 aromatic carbocycles. The second kappa shape index (κ2) is 5.93. The molecule has 0 spiro atoms. The van der Waals surface area contributed by atoms with Crippen LogP contribution in [0.25, 0.3) is 0 Å². The van der Waals surface area contributed by atoms with Crippen LogP contribution in [0.15, 0.2) is 12.1 Å². The molecule has 0 saturated heterocycles. The van der Waals surface area contributed by atoms with Crippen LogP contribution in [0.3, 0.4) is 0 Å². The van der Waals surface area contributed by atoms with Crippen molar-refractivity contribution < 1.29 is 9.50 Å². The number of hydrogen-bond acceptors (Lipinski definition) is 2. The van der Waals surface area contributed by atoms with E-state index in [9.17, 15) is 9.50 Å². The Morgan fingerprint density at radius 1 is 1.33 bits per heavy atom. The van der Waals surface area contributed by atoms with Crippen molar-refractivity contribution in [1.29, 1.82) is 0 Å². The molecule has 3 N–H and O–H groups in total. The summed E-state index contributed by atoms with van der Waals surface area (Å²) in [4.78, 5) is 0. The van der Waals surface area contributed by atoms with Gasteiger partial charge in [0.25, 0.3) is 0 Å². The molecule has 4 heteroatoms. The number of alkyl halides is 1. The molecule has 0 bridgehead atoms. The molecule has 0 radical (unpaired) electrons. The number of hydrogen-bond donors (Lipinski definition) is 2. The summed E-state index contributed by atoms with van der Waals surface area (Å²) >= 11 is 0. The number of aryl methyl sites for hydroxylation is 2. The minimum Gasteiger partial charge on any atom is -0.508 e. The van der Waals surface area contributed by atoms with E-state index in [1.54, 1.807) is 12.1 Å². The number of aromatic hydroxyl groups is 1. The fraction of sp³-hybridized carbons (Fsp3) is 0.455. The summed E-state index contributed by atoms with van der Waals surface area (Å²) < 4.78 is 12.1. The summed E-state index contributed by atoms with van der Waals surface area (Å²) in [5, 5.41) is 9.32. The van der Waals surface area contributed by atoms with Gasteiger partial charge in [-0.3, -0.25) is 4.39 Å². The van der Waals surface area contributed by atoms with Crippen LogP contribution in [0.4, 0.5) is 4.39 Å². The van der Waals surface area contributed by atoms with Crippen molar-refractivity contribution in [3.05, 3.63) is 28.8 Å². The van der Waals surface area contributed by atoms with Gasteiger partial charge < -0.3 is 10.8 Å². The van der Waals surface area contributed by atoms with Crippen LogP contribution in [0.2, 0.25) is 0 Å². The van der Waals surface area contributed by atoms with Crippen molar-refractivity contribution in [2.45, 2.75) is 26.3 Å². The minimum atomic E-state index is -0.416. The second-order valence-electron chi connectivity index (χ2n) is 3.58. The second-order valence-corrected chi connectivity index (χ2v) is 3.58. The van der Waals surface area contributed by atoms with Crippen LogP contribution in [0.5, 0.6) is 5.75 Å². The van der Waals surface area contributed by atoms with Gasteiger partial charge in [-0.2, -0.15) is 0 Å². The maximum Gasteiger partial charge on any atom is 0.116 e. The highest BCUT2D eigenvalue weighted by atomic mass is 35.5. The van der Waals surface area contributed by atoms with E-state index in [1.165, 1.54) is 0 Å². The highest BCUT2D eigenvalue weighted by Gasteiger charge is 2.12. The lowest BCUT2D eigenvalue weighted by atomic mass is 9.95. The molecule has 1 aromatic rings. The van der Waals surface area contributed by atoms with Crippen LogP contribution < -0.4 is 5.73 Å². The molecule has 1 rings (SSSR count). The van der Waals surface area contributed by atoms with E-state index in [4.69, 9.17) is 5.73 Å². The van der Waals surface area contributed by atoms with Gasteiger partial charge >= 0.3 is 0 Å². The Kier molecular flexibility index (Phi) is 5.61. The maximum absolute atomic E-state index is 12.1. The van der Waals surface area contributed by atoms with Gasteiger partial charge in [-0.25, -0.2) is 0 Å². The summed E-state index contributed by atoms with van der Waals surface area (Å²) in [7, 11) is 0. The maximum atomic E-state index is 12.1. The number of phenols is 1. The van der Waals surface area contributed by atoms with Crippen LogP contribution in [0.1, 0.15) is 29.2 Å². The number of rotatable bonds is 3. The van der Waals surface area contributed by atoms with Gasteiger partial charge in [-0.15, -0.1) is 12.4 Å². The summed E-state index contributed by atoms with van der Waals surface area (Å²) in [6.45, 7) is 3.33. The highest BCUT2D eigenvalue weighted by Crippen LogP contribution is 2.26. The summed E-state index contributed by atoms with van der Waals surface area (Å²) in [6.07, 6.45) is 0.326.